The van der Waals surface area contributed by atoms with E-state index in [0.717, 1.165) is 31.4 Å². The number of nitrogens with one attached hydrogen (secondary N) is 1. The summed E-state index contributed by atoms with van der Waals surface area (Å²) in [5, 5.41) is 16.2. The van der Waals surface area contributed by atoms with Crippen LogP contribution in [0.3, 0.4) is 0 Å². The number of carbonyl (C=O) groups is 1. The lowest BCUT2D eigenvalue weighted by molar-refractivity contribution is 0.0900. The zero-order chi connectivity index (χ0) is 13.9. The van der Waals surface area contributed by atoms with Crippen LogP contribution < -0.4 is 5.32 Å². The van der Waals surface area contributed by atoms with Crippen LogP contribution in [-0.2, 0) is 0 Å². The van der Waals surface area contributed by atoms with E-state index < -0.39 is 0 Å². The third kappa shape index (κ3) is 3.03. The minimum absolute atomic E-state index is 0.164. The van der Waals surface area contributed by atoms with Crippen LogP contribution in [0.2, 0.25) is 0 Å². The van der Waals surface area contributed by atoms with Gasteiger partial charge in [-0.1, -0.05) is 18.0 Å². The Hall–Kier alpha value is -1.36. The molecule has 20 heavy (non-hydrogen) atoms. The van der Waals surface area contributed by atoms with Crippen molar-refractivity contribution >= 4 is 5.91 Å². The molecule has 1 aromatic rings. The summed E-state index contributed by atoms with van der Waals surface area (Å²) in [5.74, 6) is 1.85. The predicted octanol–water partition coefficient (Wildman–Crippen LogP) is 2.08. The number of aliphatic hydroxyl groups excluding tert-OH is 1. The molecule has 0 aliphatic heterocycles. The lowest BCUT2D eigenvalue weighted by Gasteiger charge is -2.30. The van der Waals surface area contributed by atoms with E-state index in [1.807, 2.05) is 0 Å². The average molecular weight is 278 g/mol. The van der Waals surface area contributed by atoms with Crippen molar-refractivity contribution in [3.63, 3.8) is 0 Å². The highest BCUT2D eigenvalue weighted by atomic mass is 16.5. The second-order valence-corrected chi connectivity index (χ2v) is 6.09. The Labute approximate surface area is 118 Å². The van der Waals surface area contributed by atoms with E-state index in [9.17, 15) is 9.90 Å². The van der Waals surface area contributed by atoms with Crippen LogP contribution >= 0.6 is 0 Å². The van der Waals surface area contributed by atoms with Crippen molar-refractivity contribution in [1.82, 2.24) is 10.5 Å². The number of aliphatic hydroxyl groups is 1. The Morgan fingerprint density at radius 3 is 2.75 bits per heavy atom. The van der Waals surface area contributed by atoms with Gasteiger partial charge in [-0.05, 0) is 37.5 Å². The maximum Gasteiger partial charge on any atom is 0.273 e. The Morgan fingerprint density at radius 1 is 1.30 bits per heavy atom. The third-order valence-electron chi connectivity index (χ3n) is 4.57. The molecule has 2 aliphatic rings. The van der Waals surface area contributed by atoms with E-state index >= 15 is 0 Å². The predicted molar refractivity (Wildman–Crippen MR) is 73.3 cm³/mol. The Balaban J connectivity index is 1.52. The van der Waals surface area contributed by atoms with Crippen molar-refractivity contribution in [2.24, 2.45) is 11.8 Å². The van der Waals surface area contributed by atoms with Crippen molar-refractivity contribution in [3.8, 4) is 0 Å². The smallest absolute Gasteiger partial charge is 0.273 e. The molecule has 110 valence electrons. The number of hydrogen-bond donors (Lipinski definition) is 2. The van der Waals surface area contributed by atoms with Gasteiger partial charge in [-0.3, -0.25) is 4.79 Å². The zero-order valence-electron chi connectivity index (χ0n) is 11.7. The molecule has 2 atom stereocenters. The average Bonchev–Trinajstić information content (AvgIpc) is 3.22. The Morgan fingerprint density at radius 2 is 2.05 bits per heavy atom. The summed E-state index contributed by atoms with van der Waals surface area (Å²) in [4.78, 5) is 12.0. The van der Waals surface area contributed by atoms with Gasteiger partial charge in [0.2, 0.25) is 0 Å². The van der Waals surface area contributed by atoms with Crippen molar-refractivity contribution in [1.29, 1.82) is 0 Å². The summed E-state index contributed by atoms with van der Waals surface area (Å²) in [5.41, 5.74) is 0.378. The maximum atomic E-state index is 12.0. The summed E-state index contributed by atoms with van der Waals surface area (Å²) >= 11 is 0. The van der Waals surface area contributed by atoms with E-state index in [-0.39, 0.29) is 12.5 Å². The molecule has 0 aromatic carbocycles. The molecule has 3 rings (SSSR count). The summed E-state index contributed by atoms with van der Waals surface area (Å²) in [6.45, 7) is 0.839. The van der Waals surface area contributed by atoms with Crippen LogP contribution in [0.5, 0.6) is 0 Å². The van der Waals surface area contributed by atoms with Gasteiger partial charge in [0.05, 0.1) is 0 Å². The number of nitrogens with zero attached hydrogens (tertiary/aromatic N) is 1. The van der Waals surface area contributed by atoms with Gasteiger partial charge in [-0.2, -0.15) is 0 Å². The molecule has 1 heterocycles. The van der Waals surface area contributed by atoms with Gasteiger partial charge in [0.1, 0.15) is 5.76 Å². The fourth-order valence-electron chi connectivity index (χ4n) is 3.06. The normalized spacial score (nSPS) is 26.4. The second-order valence-electron chi connectivity index (χ2n) is 6.09. The molecule has 2 N–H and O–H groups in total. The largest absolute Gasteiger partial charge is 0.396 e. The van der Waals surface area contributed by atoms with E-state index in [0.29, 0.717) is 30.0 Å². The number of carbonyl (C=O) groups excluding carboxylic acids is 1. The Bertz CT molecular complexity index is 467. The molecule has 2 unspecified atom stereocenters. The van der Waals surface area contributed by atoms with Crippen molar-refractivity contribution in [3.05, 3.63) is 17.5 Å². The molecule has 0 saturated heterocycles. The molecule has 5 nitrogen and oxygen atoms in total. The molecule has 5 heteroatoms. The van der Waals surface area contributed by atoms with Crippen LogP contribution in [0, 0.1) is 11.8 Å². The van der Waals surface area contributed by atoms with Gasteiger partial charge >= 0.3 is 0 Å². The first-order chi connectivity index (χ1) is 9.78. The number of rotatable bonds is 5. The molecule has 1 aromatic heterocycles. The molecule has 2 fully saturated rings. The van der Waals surface area contributed by atoms with Gasteiger partial charge < -0.3 is 14.9 Å². The molecule has 0 spiro atoms. The zero-order valence-corrected chi connectivity index (χ0v) is 11.7. The first-order valence-electron chi connectivity index (χ1n) is 7.63. The highest BCUT2D eigenvalue weighted by Crippen LogP contribution is 2.40. The summed E-state index contributed by atoms with van der Waals surface area (Å²) in [7, 11) is 0. The van der Waals surface area contributed by atoms with Gasteiger partial charge in [-0.25, -0.2) is 0 Å². The topological polar surface area (TPSA) is 75.4 Å². The van der Waals surface area contributed by atoms with E-state index in [2.05, 4.69) is 10.5 Å². The standard InChI is InChI=1S/C15H22N2O3/c18-9-12-4-2-1-3-11(12)8-16-15(19)13-7-14(20-17-13)10-5-6-10/h7,10-12,18H,1-6,8-9H2,(H,16,19). The van der Waals surface area contributed by atoms with Crippen LogP contribution in [0.25, 0.3) is 0 Å². The second kappa shape index (κ2) is 5.95. The lowest BCUT2D eigenvalue weighted by Crippen LogP contribution is -2.35. The van der Waals surface area contributed by atoms with Crippen molar-refractivity contribution in [2.75, 3.05) is 13.2 Å². The fraction of sp³-hybridized carbons (Fsp3) is 0.733. The van der Waals surface area contributed by atoms with Gasteiger partial charge in [0, 0.05) is 25.1 Å². The minimum atomic E-state index is -0.164. The van der Waals surface area contributed by atoms with Crippen LogP contribution in [-0.4, -0.2) is 29.3 Å². The number of aromatic nitrogens is 1. The molecule has 0 radical (unpaired) electrons. The quantitative estimate of drug-likeness (QED) is 0.864. The van der Waals surface area contributed by atoms with E-state index in [4.69, 9.17) is 4.52 Å². The highest BCUT2D eigenvalue weighted by Gasteiger charge is 2.29. The molecular formula is C15H22N2O3. The first-order valence-corrected chi connectivity index (χ1v) is 7.63. The van der Waals surface area contributed by atoms with Crippen LogP contribution in [0.15, 0.2) is 10.6 Å². The third-order valence-corrected chi connectivity index (χ3v) is 4.57. The highest BCUT2D eigenvalue weighted by molar-refractivity contribution is 5.92. The van der Waals surface area contributed by atoms with Gasteiger partial charge in [-0.15, -0.1) is 0 Å². The monoisotopic (exact) mass is 278 g/mol. The summed E-state index contributed by atoms with van der Waals surface area (Å²) in [6, 6.07) is 1.76. The van der Waals surface area contributed by atoms with E-state index in [1.165, 1.54) is 12.8 Å². The first kappa shape index (κ1) is 13.6. The number of hydrogen-bond acceptors (Lipinski definition) is 4. The SMILES string of the molecule is O=C(NCC1CCCCC1CO)c1cc(C2CC2)on1. The van der Waals surface area contributed by atoms with Crippen LogP contribution in [0.4, 0.5) is 0 Å². The number of amides is 1. The molecular weight excluding hydrogens is 256 g/mol. The van der Waals surface area contributed by atoms with Crippen molar-refractivity contribution in [2.45, 2.75) is 44.4 Å². The Kier molecular flexibility index (Phi) is 4.05. The van der Waals surface area contributed by atoms with Gasteiger partial charge in [0.15, 0.2) is 5.69 Å². The summed E-state index contributed by atoms with van der Waals surface area (Å²) in [6.07, 6.45) is 6.79. The minimum Gasteiger partial charge on any atom is -0.396 e. The lowest BCUT2D eigenvalue weighted by atomic mass is 9.79. The fourth-order valence-corrected chi connectivity index (χ4v) is 3.06. The van der Waals surface area contributed by atoms with E-state index in [1.54, 1.807) is 6.07 Å². The van der Waals surface area contributed by atoms with Crippen LogP contribution in [0.1, 0.15) is 60.7 Å². The molecule has 2 saturated carbocycles. The van der Waals surface area contributed by atoms with Gasteiger partial charge in [0.25, 0.3) is 5.91 Å². The molecule has 2 aliphatic carbocycles. The molecule has 0 bridgehead atoms. The maximum absolute atomic E-state index is 12.0. The summed E-state index contributed by atoms with van der Waals surface area (Å²) < 4.78 is 5.19. The van der Waals surface area contributed by atoms with Crippen molar-refractivity contribution < 1.29 is 14.4 Å². The molecule has 1 amide bonds.